The minimum Gasteiger partial charge on any atom is -0.330 e. The van der Waals surface area contributed by atoms with Gasteiger partial charge < -0.3 is 15.5 Å². The molecule has 0 radical (unpaired) electrons. The molecule has 6 rings (SSSR count). The van der Waals surface area contributed by atoms with Crippen molar-refractivity contribution in [3.63, 3.8) is 0 Å². The first kappa shape index (κ1) is 19.2. The van der Waals surface area contributed by atoms with Crippen LogP contribution in [0.1, 0.15) is 42.9 Å². The third-order valence-electron chi connectivity index (χ3n) is 8.06. The Morgan fingerprint density at radius 2 is 2.13 bits per heavy atom. The summed E-state index contributed by atoms with van der Waals surface area (Å²) in [5.41, 5.74) is 8.35. The van der Waals surface area contributed by atoms with Crippen LogP contribution in [-0.2, 0) is 16.0 Å². The molecule has 2 N–H and O–H groups in total. The molecule has 3 aliphatic heterocycles. The zero-order valence-corrected chi connectivity index (χ0v) is 17.3. The number of likely N-dealkylation sites (tertiary alicyclic amines) is 3. The molecular weight excluding hydrogens is 397 g/mol. The van der Waals surface area contributed by atoms with E-state index < -0.39 is 6.04 Å². The van der Waals surface area contributed by atoms with Gasteiger partial charge in [0.1, 0.15) is 11.9 Å². The maximum Gasteiger partial charge on any atom is 0.242 e. The topological polar surface area (TPSA) is 93.7 Å². The van der Waals surface area contributed by atoms with E-state index in [0.717, 1.165) is 43.2 Å². The normalized spacial score (nSPS) is 36.5. The minimum absolute atomic E-state index is 0.0170. The van der Waals surface area contributed by atoms with E-state index in [1.165, 1.54) is 6.07 Å². The van der Waals surface area contributed by atoms with Crippen molar-refractivity contribution in [2.24, 2.45) is 11.7 Å². The summed E-state index contributed by atoms with van der Waals surface area (Å²) in [5, 5.41) is 9.36. The number of piperidine rings is 1. The number of fused-ring (bicyclic) bond motifs is 4. The Morgan fingerprint density at radius 3 is 2.90 bits per heavy atom. The fraction of sp³-hybridized carbons (Fsp3) is 0.609. The van der Waals surface area contributed by atoms with E-state index in [1.807, 2.05) is 11.0 Å². The van der Waals surface area contributed by atoms with Crippen molar-refractivity contribution in [3.8, 4) is 6.07 Å². The van der Waals surface area contributed by atoms with Crippen molar-refractivity contribution in [1.29, 1.82) is 5.26 Å². The molecule has 4 fully saturated rings. The Balaban J connectivity index is 1.13. The molecule has 7 atom stereocenters. The molecule has 3 saturated heterocycles. The summed E-state index contributed by atoms with van der Waals surface area (Å²) in [4.78, 5) is 31.9. The van der Waals surface area contributed by atoms with Gasteiger partial charge in [-0.3, -0.25) is 14.5 Å². The Bertz CT molecular complexity index is 1010. The summed E-state index contributed by atoms with van der Waals surface area (Å²) in [7, 11) is 0. The fourth-order valence-corrected chi connectivity index (χ4v) is 6.56. The molecule has 2 bridgehead atoms. The number of amides is 2. The van der Waals surface area contributed by atoms with Crippen molar-refractivity contribution in [3.05, 3.63) is 35.1 Å². The largest absolute Gasteiger partial charge is 0.330 e. The molecule has 1 aromatic carbocycles. The zero-order chi connectivity index (χ0) is 21.4. The number of carbonyl (C=O) groups is 2. The van der Waals surface area contributed by atoms with Gasteiger partial charge in [0, 0.05) is 25.2 Å². The summed E-state index contributed by atoms with van der Waals surface area (Å²) >= 11 is 0. The third-order valence-corrected chi connectivity index (χ3v) is 8.06. The van der Waals surface area contributed by atoms with Crippen molar-refractivity contribution >= 4 is 11.8 Å². The van der Waals surface area contributed by atoms with E-state index in [1.54, 1.807) is 11.0 Å². The highest BCUT2D eigenvalue weighted by Crippen LogP contribution is 2.48. The molecule has 7 nitrogen and oxygen atoms in total. The quantitative estimate of drug-likeness (QED) is 0.778. The molecule has 2 aliphatic carbocycles. The molecule has 1 aromatic rings. The van der Waals surface area contributed by atoms with Crippen molar-refractivity contribution in [2.45, 2.75) is 68.4 Å². The molecular formula is C23H26FN5O2. The predicted octanol–water partition coefficient (Wildman–Crippen LogP) is 0.938. The molecule has 0 spiro atoms. The summed E-state index contributed by atoms with van der Waals surface area (Å²) in [6.07, 6.45) is 4.11. The highest BCUT2D eigenvalue weighted by molar-refractivity contribution is 5.87. The van der Waals surface area contributed by atoms with Crippen LogP contribution in [-0.4, -0.2) is 69.8 Å². The Morgan fingerprint density at radius 1 is 1.29 bits per heavy atom. The van der Waals surface area contributed by atoms with Gasteiger partial charge in [0.2, 0.25) is 11.8 Å². The van der Waals surface area contributed by atoms with Crippen LogP contribution in [0, 0.1) is 23.1 Å². The molecule has 8 heteroatoms. The van der Waals surface area contributed by atoms with E-state index in [0.29, 0.717) is 19.0 Å². The van der Waals surface area contributed by atoms with Gasteiger partial charge in [0.15, 0.2) is 0 Å². The Labute approximate surface area is 180 Å². The lowest BCUT2D eigenvalue weighted by Gasteiger charge is -2.38. The number of hydrogen-bond acceptors (Lipinski definition) is 5. The van der Waals surface area contributed by atoms with Crippen LogP contribution < -0.4 is 5.73 Å². The molecule has 2 amide bonds. The minimum atomic E-state index is -0.717. The van der Waals surface area contributed by atoms with Crippen molar-refractivity contribution in [2.75, 3.05) is 13.1 Å². The standard InChI is InChI=1S/C23H26FN5O2/c24-14-2-3-17-12(5-14)1-4-19(17)29-16-8-21(23(29)31)27(10-16)11-18(26)22(30)28-15(9-25)6-13-7-20(13)28/h2-3,5,13,15-16,18-21H,1,4,6-8,10-11,26H2/t13-,15+,16+,18+,19-,20?,21+/m1/s1. The highest BCUT2D eigenvalue weighted by Gasteiger charge is 2.56. The van der Waals surface area contributed by atoms with Gasteiger partial charge in [0.25, 0.3) is 0 Å². The maximum atomic E-state index is 13.6. The number of carbonyl (C=O) groups excluding carboxylic acids is 2. The van der Waals surface area contributed by atoms with Crippen LogP contribution in [0.3, 0.4) is 0 Å². The average molecular weight is 423 g/mol. The molecule has 0 aromatic heterocycles. The number of nitrogens with zero attached hydrogens (tertiary/aromatic N) is 4. The monoisotopic (exact) mass is 423 g/mol. The van der Waals surface area contributed by atoms with E-state index in [2.05, 4.69) is 11.0 Å². The number of rotatable bonds is 4. The Kier molecular flexibility index (Phi) is 4.18. The van der Waals surface area contributed by atoms with E-state index in [9.17, 15) is 19.2 Å². The number of aryl methyl sites for hydroxylation is 1. The van der Waals surface area contributed by atoms with Crippen LogP contribution in [0.2, 0.25) is 0 Å². The summed E-state index contributed by atoms with van der Waals surface area (Å²) in [6, 6.07) is 6.11. The second-order valence-electron chi connectivity index (χ2n) is 9.80. The Hall–Kier alpha value is -2.50. The van der Waals surface area contributed by atoms with Crippen molar-refractivity contribution < 1.29 is 14.0 Å². The molecule has 1 unspecified atom stereocenters. The van der Waals surface area contributed by atoms with Gasteiger partial charge in [-0.15, -0.1) is 0 Å². The van der Waals surface area contributed by atoms with Crippen LogP contribution in [0.5, 0.6) is 0 Å². The summed E-state index contributed by atoms with van der Waals surface area (Å²) < 4.78 is 13.6. The lowest BCUT2D eigenvalue weighted by atomic mass is 10.1. The number of benzene rings is 1. The van der Waals surface area contributed by atoms with E-state index >= 15 is 0 Å². The molecule has 162 valence electrons. The number of hydrogen-bond donors (Lipinski definition) is 1. The van der Waals surface area contributed by atoms with E-state index in [4.69, 9.17) is 5.73 Å². The van der Waals surface area contributed by atoms with Crippen LogP contribution in [0.25, 0.3) is 0 Å². The van der Waals surface area contributed by atoms with Gasteiger partial charge in [-0.25, -0.2) is 4.39 Å². The fourth-order valence-electron chi connectivity index (χ4n) is 6.56. The molecule has 31 heavy (non-hydrogen) atoms. The van der Waals surface area contributed by atoms with Gasteiger partial charge in [-0.1, -0.05) is 6.07 Å². The lowest BCUT2D eigenvalue weighted by molar-refractivity contribution is -0.141. The predicted molar refractivity (Wildman–Crippen MR) is 109 cm³/mol. The second kappa shape index (κ2) is 6.75. The average Bonchev–Trinajstić information content (AvgIpc) is 3.08. The first-order valence-corrected chi connectivity index (χ1v) is 11.3. The molecule has 5 aliphatic rings. The van der Waals surface area contributed by atoms with Crippen LogP contribution in [0.4, 0.5) is 4.39 Å². The van der Waals surface area contributed by atoms with Gasteiger partial charge >= 0.3 is 0 Å². The first-order chi connectivity index (χ1) is 15.0. The number of nitrogens with two attached hydrogens (primary N) is 1. The van der Waals surface area contributed by atoms with Gasteiger partial charge in [0.05, 0.1) is 24.2 Å². The number of nitriles is 1. The lowest BCUT2D eigenvalue weighted by Crippen LogP contribution is -2.57. The smallest absolute Gasteiger partial charge is 0.242 e. The molecule has 3 heterocycles. The highest BCUT2D eigenvalue weighted by atomic mass is 19.1. The van der Waals surface area contributed by atoms with Gasteiger partial charge in [-0.2, -0.15) is 5.26 Å². The number of halogens is 1. The summed E-state index contributed by atoms with van der Waals surface area (Å²) in [6.45, 7) is 1.05. The van der Waals surface area contributed by atoms with Gasteiger partial charge in [-0.05, 0) is 61.3 Å². The second-order valence-corrected chi connectivity index (χ2v) is 9.80. The zero-order valence-electron chi connectivity index (χ0n) is 17.3. The van der Waals surface area contributed by atoms with E-state index in [-0.39, 0.29) is 47.8 Å². The summed E-state index contributed by atoms with van der Waals surface area (Å²) in [5.74, 6) is 0.168. The van der Waals surface area contributed by atoms with Crippen LogP contribution >= 0.6 is 0 Å². The third kappa shape index (κ3) is 2.83. The SMILES string of the molecule is N#C[C@@H]1C[C@@H]2CC2N1C(=O)[C@@H](N)CN1C[C@@H]2C[C@H]1C(=O)N2[C@@H]1CCc2cc(F)ccc21. The molecule has 1 saturated carbocycles. The van der Waals surface area contributed by atoms with Crippen molar-refractivity contribution in [1.82, 2.24) is 14.7 Å². The van der Waals surface area contributed by atoms with Crippen LogP contribution in [0.15, 0.2) is 18.2 Å². The first-order valence-electron chi connectivity index (χ1n) is 11.3. The number of piperazine rings is 1. The maximum absolute atomic E-state index is 13.6.